The van der Waals surface area contributed by atoms with Crippen molar-refractivity contribution in [1.29, 1.82) is 0 Å². The molecule has 2 amide bonds. The first-order valence-corrected chi connectivity index (χ1v) is 17.5. The molecule has 316 valence electrons. The van der Waals surface area contributed by atoms with E-state index in [-0.39, 0.29) is 0 Å². The van der Waals surface area contributed by atoms with Crippen molar-refractivity contribution >= 4 is 53.6 Å². The summed E-state index contributed by atoms with van der Waals surface area (Å²) in [6.07, 6.45) is -18.3. The number of esters is 7. The van der Waals surface area contributed by atoms with Gasteiger partial charge >= 0.3 is 41.8 Å². The van der Waals surface area contributed by atoms with E-state index in [0.29, 0.717) is 0 Å². The van der Waals surface area contributed by atoms with Crippen LogP contribution in [-0.2, 0) is 90.5 Å². The van der Waals surface area contributed by atoms with Crippen LogP contribution in [0.15, 0.2) is 5.11 Å². The second-order valence-corrected chi connectivity index (χ2v) is 13.1. The molecular formula is C33H45N5O19. The molecule has 3 aliphatic rings. The maximum atomic E-state index is 13.7. The van der Waals surface area contributed by atoms with Gasteiger partial charge in [0.25, 0.3) is 11.8 Å². The topological polar surface area (TPSA) is 319 Å². The average Bonchev–Trinajstić information content (AvgIpc) is 3.71. The van der Waals surface area contributed by atoms with Gasteiger partial charge in [-0.3, -0.25) is 38.4 Å². The largest absolute Gasteiger partial charge is 0.461 e. The molecule has 0 aromatic rings. The van der Waals surface area contributed by atoms with Crippen LogP contribution in [0.2, 0.25) is 0 Å². The van der Waals surface area contributed by atoms with Gasteiger partial charge in [0.05, 0.1) is 12.6 Å². The molecule has 0 aromatic heterocycles. The molecule has 24 nitrogen and oxygen atoms in total. The summed E-state index contributed by atoms with van der Waals surface area (Å²) in [4.78, 5) is 115. The third kappa shape index (κ3) is 12.7. The Balaban J connectivity index is 1.85. The quantitative estimate of drug-likeness (QED) is 0.0581. The molecule has 0 radical (unpaired) electrons. The molecule has 12 atom stereocenters. The molecule has 3 heterocycles. The molecule has 0 spiro atoms. The van der Waals surface area contributed by atoms with Gasteiger partial charge in [-0.1, -0.05) is 5.11 Å². The van der Waals surface area contributed by atoms with E-state index in [1.165, 1.54) is 0 Å². The van der Waals surface area contributed by atoms with Crippen molar-refractivity contribution in [1.82, 2.24) is 10.6 Å². The van der Waals surface area contributed by atoms with Gasteiger partial charge in [-0.2, -0.15) is 0 Å². The lowest BCUT2D eigenvalue weighted by Crippen LogP contribution is -2.50. The summed E-state index contributed by atoms with van der Waals surface area (Å²) in [6, 6.07) is 0. The lowest BCUT2D eigenvalue weighted by Gasteiger charge is -2.25. The zero-order valence-electron chi connectivity index (χ0n) is 32.2. The van der Waals surface area contributed by atoms with E-state index in [0.717, 1.165) is 41.5 Å². The summed E-state index contributed by atoms with van der Waals surface area (Å²) >= 11 is 0. The Bertz CT molecular complexity index is 1620. The van der Waals surface area contributed by atoms with Gasteiger partial charge in [-0.15, -0.1) is 0 Å². The molecule has 57 heavy (non-hydrogen) atoms. The lowest BCUT2D eigenvalue weighted by atomic mass is 10.0. The zero-order chi connectivity index (χ0) is 42.7. The molecule has 0 unspecified atom stereocenters. The van der Waals surface area contributed by atoms with Gasteiger partial charge < -0.3 is 58.0 Å². The zero-order valence-corrected chi connectivity index (χ0v) is 32.2. The summed E-state index contributed by atoms with van der Waals surface area (Å²) in [5.41, 5.74) is 8.80. The predicted octanol–water partition coefficient (Wildman–Crippen LogP) is -1.63. The Morgan fingerprint density at radius 1 is 0.544 bits per heavy atom. The monoisotopic (exact) mass is 815 g/mol. The Labute approximate surface area is 324 Å². The number of rotatable bonds is 16. The van der Waals surface area contributed by atoms with Crippen molar-refractivity contribution in [2.45, 2.75) is 135 Å². The minimum Gasteiger partial charge on any atom is -0.461 e. The first kappa shape index (κ1) is 45.8. The molecular weight excluding hydrogens is 770 g/mol. The predicted molar refractivity (Wildman–Crippen MR) is 181 cm³/mol. The van der Waals surface area contributed by atoms with Gasteiger partial charge in [-0.25, -0.2) is 4.79 Å². The van der Waals surface area contributed by atoms with Crippen molar-refractivity contribution in [3.63, 3.8) is 0 Å². The van der Waals surface area contributed by atoms with Gasteiger partial charge in [0.2, 0.25) is 0 Å². The van der Waals surface area contributed by atoms with Crippen LogP contribution in [0.3, 0.4) is 0 Å². The van der Waals surface area contributed by atoms with Crippen LogP contribution in [-0.4, -0.2) is 153 Å². The lowest BCUT2D eigenvalue weighted by molar-refractivity contribution is -0.172. The summed E-state index contributed by atoms with van der Waals surface area (Å²) in [5, 5.41) is 8.34. The number of carbonyl (C=O) groups is 9. The molecule has 3 aliphatic heterocycles. The molecule has 3 rings (SSSR count). The fraction of sp³-hybridized carbons (Fsp3) is 0.727. The van der Waals surface area contributed by atoms with Gasteiger partial charge in [0, 0.05) is 59.5 Å². The minimum atomic E-state index is -1.72. The Morgan fingerprint density at radius 2 is 0.860 bits per heavy atom. The second-order valence-electron chi connectivity index (χ2n) is 13.1. The molecule has 2 N–H and O–H groups in total. The molecule has 0 saturated carbocycles. The van der Waals surface area contributed by atoms with Crippen LogP contribution in [0, 0.1) is 0 Å². The van der Waals surface area contributed by atoms with Crippen LogP contribution < -0.4 is 10.6 Å². The number of nitrogens with one attached hydrogen (secondary N) is 2. The van der Waals surface area contributed by atoms with Crippen molar-refractivity contribution in [3.05, 3.63) is 10.4 Å². The SMILES string of the molecule is CC(=O)O[C@H]1[C@H](OC(C)=O)[C@H](C(=O)NC[C@H]2O[C@@H](C(=O)NC[C@H]3O[C@@H](C(=O)OC(C)C)[C@@H](OC(C)=O)[C@@H]3OC(C)=O)[C@@H](OC(C)=O)[C@@H]2OC(C)=O)O[C@@H]1CN=[N+]=[N-]. The number of nitrogens with zero attached hydrogens (tertiary/aromatic N) is 3. The first-order chi connectivity index (χ1) is 26.7. The number of azide groups is 1. The molecule has 24 heteroatoms. The third-order valence-corrected chi connectivity index (χ3v) is 8.12. The van der Waals surface area contributed by atoms with Crippen molar-refractivity contribution in [3.8, 4) is 0 Å². The fourth-order valence-electron chi connectivity index (χ4n) is 6.25. The minimum absolute atomic E-state index is 0.419. The summed E-state index contributed by atoms with van der Waals surface area (Å²) < 4.78 is 54.3. The first-order valence-electron chi connectivity index (χ1n) is 17.5. The van der Waals surface area contributed by atoms with Crippen LogP contribution in [0.5, 0.6) is 0 Å². The highest BCUT2D eigenvalue weighted by Gasteiger charge is 2.56. The van der Waals surface area contributed by atoms with Crippen LogP contribution in [0.25, 0.3) is 10.4 Å². The molecule has 0 bridgehead atoms. The average molecular weight is 816 g/mol. The highest BCUT2D eigenvalue weighted by atomic mass is 16.7. The van der Waals surface area contributed by atoms with E-state index >= 15 is 0 Å². The van der Waals surface area contributed by atoms with Gasteiger partial charge in [-0.05, 0) is 19.4 Å². The standard InChI is InChI=1S/C33H45N5O19/c1-12(2)48-33(47)30-27(54-18(8)44)23(50-14(4)40)20(57-30)10-36-31(45)28-25(52-16(6)42)22(49-13(3)39)19(55-28)9-35-32(46)29-26(53-17(7)43)24(51-15(5)41)21(56-29)11-37-38-34/h12,19-30H,9-11H2,1-8H3,(H,35,46)(H,36,45)/t19-,20-,21-,22-,23-,24-,25+,26+,27+,28-,29-,30-/m1/s1. The molecule has 0 aliphatic carbocycles. The van der Waals surface area contributed by atoms with Crippen LogP contribution in [0.1, 0.15) is 55.4 Å². The highest BCUT2D eigenvalue weighted by molar-refractivity contribution is 5.84. The smallest absolute Gasteiger partial charge is 0.339 e. The molecule has 3 saturated heterocycles. The van der Waals surface area contributed by atoms with E-state index in [1.807, 2.05) is 0 Å². The van der Waals surface area contributed by atoms with Crippen molar-refractivity contribution in [2.75, 3.05) is 19.6 Å². The van der Waals surface area contributed by atoms with E-state index in [4.69, 9.17) is 52.9 Å². The number of amides is 2. The van der Waals surface area contributed by atoms with Crippen LogP contribution in [0.4, 0.5) is 0 Å². The van der Waals surface area contributed by atoms with Crippen molar-refractivity contribution < 1.29 is 90.5 Å². The molecule has 0 aromatic carbocycles. The number of ether oxygens (including phenoxy) is 10. The van der Waals surface area contributed by atoms with E-state index in [2.05, 4.69) is 20.7 Å². The Kier molecular flexibility index (Phi) is 16.5. The normalized spacial score (nSPS) is 30.2. The van der Waals surface area contributed by atoms with Crippen LogP contribution >= 0.6 is 0 Å². The van der Waals surface area contributed by atoms with E-state index in [1.54, 1.807) is 13.8 Å². The molecule has 3 fully saturated rings. The second kappa shape index (κ2) is 20.5. The Hall–Kier alpha value is -5.58. The van der Waals surface area contributed by atoms with E-state index in [9.17, 15) is 43.2 Å². The number of carbonyl (C=O) groups excluding carboxylic acids is 9. The number of hydrogen-bond acceptors (Lipinski definition) is 20. The summed E-state index contributed by atoms with van der Waals surface area (Å²) in [6.45, 7) is 7.87. The van der Waals surface area contributed by atoms with E-state index < -0.39 is 153 Å². The third-order valence-electron chi connectivity index (χ3n) is 8.12. The number of hydrogen-bond donors (Lipinski definition) is 2. The van der Waals surface area contributed by atoms with Gasteiger partial charge in [0.1, 0.15) is 18.3 Å². The van der Waals surface area contributed by atoms with Gasteiger partial charge in [0.15, 0.2) is 54.9 Å². The van der Waals surface area contributed by atoms with Crippen molar-refractivity contribution in [2.24, 2.45) is 5.11 Å². The highest BCUT2D eigenvalue weighted by Crippen LogP contribution is 2.31. The maximum Gasteiger partial charge on any atom is 0.339 e. The summed E-state index contributed by atoms with van der Waals surface area (Å²) in [5.74, 6) is -8.09. The Morgan fingerprint density at radius 3 is 1.21 bits per heavy atom. The summed E-state index contributed by atoms with van der Waals surface area (Å²) in [7, 11) is 0. The fourth-order valence-corrected chi connectivity index (χ4v) is 6.25. The maximum absolute atomic E-state index is 13.7.